The Balaban J connectivity index is 4.63. The zero-order chi connectivity index (χ0) is 13.6. The molecular formula is C8H15NO7S. The average molecular weight is 269 g/mol. The van der Waals surface area contributed by atoms with Gasteiger partial charge in [0, 0.05) is 0 Å². The normalized spacial score (nSPS) is 15.0. The molecular weight excluding hydrogens is 254 g/mol. The molecule has 3 N–H and O–H groups in total. The lowest BCUT2D eigenvalue weighted by Gasteiger charge is -2.16. The number of ether oxygens (including phenoxy) is 1. The van der Waals surface area contributed by atoms with Crippen molar-refractivity contribution in [3.63, 3.8) is 0 Å². The number of rotatable bonds is 7. The quantitative estimate of drug-likeness (QED) is 0.470. The SMILES string of the molecule is CCOC(=O)CS(=O)(=O)N[C@H](C(=O)O)[C@@H](C)O. The van der Waals surface area contributed by atoms with E-state index in [1.165, 1.54) is 6.92 Å². The molecule has 100 valence electrons. The van der Waals surface area contributed by atoms with Crippen LogP contribution >= 0.6 is 0 Å². The Morgan fingerprint density at radius 1 is 1.41 bits per heavy atom. The number of carbonyl (C=O) groups excluding carboxylic acids is 1. The second-order valence-electron chi connectivity index (χ2n) is 3.24. The fourth-order valence-electron chi connectivity index (χ4n) is 0.948. The Morgan fingerprint density at radius 3 is 2.29 bits per heavy atom. The van der Waals surface area contributed by atoms with Gasteiger partial charge in [-0.1, -0.05) is 0 Å². The van der Waals surface area contributed by atoms with Crippen LogP contribution in [0.1, 0.15) is 13.8 Å². The van der Waals surface area contributed by atoms with Crippen molar-refractivity contribution in [3.05, 3.63) is 0 Å². The number of aliphatic hydroxyl groups excluding tert-OH is 1. The molecule has 0 rings (SSSR count). The number of esters is 1. The van der Waals surface area contributed by atoms with E-state index in [-0.39, 0.29) is 6.61 Å². The maximum absolute atomic E-state index is 11.3. The van der Waals surface area contributed by atoms with Gasteiger partial charge in [0.1, 0.15) is 6.04 Å². The first-order chi connectivity index (χ1) is 7.69. The summed E-state index contributed by atoms with van der Waals surface area (Å²) >= 11 is 0. The van der Waals surface area contributed by atoms with Gasteiger partial charge in [-0.15, -0.1) is 0 Å². The minimum absolute atomic E-state index is 0.0209. The molecule has 0 aliphatic carbocycles. The van der Waals surface area contributed by atoms with Gasteiger partial charge in [0.05, 0.1) is 12.7 Å². The van der Waals surface area contributed by atoms with Crippen LogP contribution in [0.4, 0.5) is 0 Å². The number of sulfonamides is 1. The highest BCUT2D eigenvalue weighted by Crippen LogP contribution is 1.98. The van der Waals surface area contributed by atoms with E-state index in [2.05, 4.69) is 4.74 Å². The number of hydrogen-bond donors (Lipinski definition) is 3. The third-order valence-electron chi connectivity index (χ3n) is 1.67. The van der Waals surface area contributed by atoms with Crippen LogP contribution < -0.4 is 4.72 Å². The van der Waals surface area contributed by atoms with Crippen LogP contribution in [0.3, 0.4) is 0 Å². The minimum atomic E-state index is -4.16. The van der Waals surface area contributed by atoms with Crippen molar-refractivity contribution in [1.29, 1.82) is 0 Å². The van der Waals surface area contributed by atoms with E-state index in [9.17, 15) is 18.0 Å². The lowest BCUT2D eigenvalue weighted by Crippen LogP contribution is -2.49. The summed E-state index contributed by atoms with van der Waals surface area (Å²) in [6, 6.07) is -1.70. The average Bonchev–Trinajstić information content (AvgIpc) is 2.12. The van der Waals surface area contributed by atoms with Crippen LogP contribution in [0.5, 0.6) is 0 Å². The van der Waals surface area contributed by atoms with Crippen LogP contribution in [-0.2, 0) is 24.3 Å². The zero-order valence-corrected chi connectivity index (χ0v) is 10.2. The second-order valence-corrected chi connectivity index (χ2v) is 4.99. The van der Waals surface area contributed by atoms with Crippen molar-refractivity contribution in [3.8, 4) is 0 Å². The number of nitrogens with one attached hydrogen (secondary N) is 1. The highest BCUT2D eigenvalue weighted by molar-refractivity contribution is 7.90. The van der Waals surface area contributed by atoms with E-state index in [1.807, 2.05) is 0 Å². The molecule has 0 aromatic carbocycles. The Morgan fingerprint density at radius 2 is 1.94 bits per heavy atom. The van der Waals surface area contributed by atoms with Crippen LogP contribution in [0.2, 0.25) is 0 Å². The van der Waals surface area contributed by atoms with Gasteiger partial charge in [-0.3, -0.25) is 9.59 Å². The lowest BCUT2D eigenvalue weighted by molar-refractivity contribution is -0.142. The summed E-state index contributed by atoms with van der Waals surface area (Å²) < 4.78 is 28.8. The van der Waals surface area contributed by atoms with Gasteiger partial charge in [0.2, 0.25) is 10.0 Å². The molecule has 2 atom stereocenters. The summed E-state index contributed by atoms with van der Waals surface area (Å²) in [5.41, 5.74) is 0. The van der Waals surface area contributed by atoms with Gasteiger partial charge in [-0.2, -0.15) is 4.72 Å². The van der Waals surface area contributed by atoms with Crippen molar-refractivity contribution in [2.45, 2.75) is 26.0 Å². The maximum Gasteiger partial charge on any atom is 0.324 e. The Bertz CT molecular complexity index is 375. The molecule has 17 heavy (non-hydrogen) atoms. The number of carboxylic acid groups (broad SMARTS) is 1. The largest absolute Gasteiger partial charge is 0.480 e. The van der Waals surface area contributed by atoms with Crippen LogP contribution in [0.15, 0.2) is 0 Å². The Labute approximate surface area is 98.6 Å². The lowest BCUT2D eigenvalue weighted by atomic mass is 10.2. The minimum Gasteiger partial charge on any atom is -0.480 e. The third-order valence-corrected chi connectivity index (χ3v) is 2.90. The van der Waals surface area contributed by atoms with E-state index >= 15 is 0 Å². The summed E-state index contributed by atoms with van der Waals surface area (Å²) in [4.78, 5) is 21.6. The highest BCUT2D eigenvalue weighted by atomic mass is 32.2. The van der Waals surface area contributed by atoms with Crippen molar-refractivity contribution in [2.24, 2.45) is 0 Å². The Kier molecular flexibility index (Phi) is 6.07. The fourth-order valence-corrected chi connectivity index (χ4v) is 2.11. The summed E-state index contributed by atoms with van der Waals surface area (Å²) in [6.07, 6.45) is -1.43. The van der Waals surface area contributed by atoms with Crippen LogP contribution in [0.25, 0.3) is 0 Å². The van der Waals surface area contributed by atoms with Crippen LogP contribution in [-0.4, -0.2) is 55.1 Å². The van der Waals surface area contributed by atoms with Crippen LogP contribution in [0, 0.1) is 0 Å². The molecule has 0 heterocycles. The highest BCUT2D eigenvalue weighted by Gasteiger charge is 2.29. The van der Waals surface area contributed by atoms with Gasteiger partial charge < -0.3 is 14.9 Å². The number of carbonyl (C=O) groups is 2. The van der Waals surface area contributed by atoms with Crippen molar-refractivity contribution in [1.82, 2.24) is 4.72 Å². The standard InChI is InChI=1S/C8H15NO7S/c1-3-16-6(11)4-17(14,15)9-7(5(2)10)8(12)13/h5,7,9-10H,3-4H2,1-2H3,(H,12,13)/t5-,7+/m1/s1. The molecule has 0 aromatic heterocycles. The topological polar surface area (TPSA) is 130 Å². The van der Waals surface area contributed by atoms with E-state index in [0.717, 1.165) is 6.92 Å². The molecule has 9 heteroatoms. The first kappa shape index (κ1) is 15.8. The Hall–Kier alpha value is -1.19. The predicted molar refractivity (Wildman–Crippen MR) is 56.7 cm³/mol. The monoisotopic (exact) mass is 269 g/mol. The van der Waals surface area contributed by atoms with Crippen molar-refractivity contribution in [2.75, 3.05) is 12.4 Å². The number of hydrogen-bond acceptors (Lipinski definition) is 6. The number of aliphatic hydroxyl groups is 1. The van der Waals surface area contributed by atoms with Crippen molar-refractivity contribution < 1.29 is 33.0 Å². The molecule has 0 radical (unpaired) electrons. The smallest absolute Gasteiger partial charge is 0.324 e. The second kappa shape index (κ2) is 6.52. The van der Waals surface area contributed by atoms with E-state index in [4.69, 9.17) is 10.2 Å². The fraction of sp³-hybridized carbons (Fsp3) is 0.750. The number of aliphatic carboxylic acids is 1. The molecule has 0 saturated heterocycles. The predicted octanol–water partition coefficient (Wildman–Crippen LogP) is -1.70. The van der Waals surface area contributed by atoms with Crippen molar-refractivity contribution >= 4 is 22.0 Å². The molecule has 8 nitrogen and oxygen atoms in total. The molecule has 0 amide bonds. The molecule has 0 aliphatic rings. The molecule has 0 unspecified atom stereocenters. The summed E-state index contributed by atoms with van der Waals surface area (Å²) in [6.45, 7) is 2.65. The van der Waals surface area contributed by atoms with Gasteiger partial charge >= 0.3 is 11.9 Å². The molecule has 0 saturated carbocycles. The first-order valence-corrected chi connectivity index (χ1v) is 6.41. The zero-order valence-electron chi connectivity index (χ0n) is 9.41. The summed E-state index contributed by atoms with van der Waals surface area (Å²) in [7, 11) is -4.16. The molecule has 0 aromatic rings. The van der Waals surface area contributed by atoms with Gasteiger partial charge in [-0.05, 0) is 13.8 Å². The molecule has 0 aliphatic heterocycles. The van der Waals surface area contributed by atoms with E-state index in [0.29, 0.717) is 0 Å². The molecule has 0 bridgehead atoms. The first-order valence-electron chi connectivity index (χ1n) is 4.76. The summed E-state index contributed by atoms with van der Waals surface area (Å²) in [5.74, 6) is -3.51. The van der Waals surface area contributed by atoms with E-state index < -0.39 is 39.9 Å². The number of carboxylic acids is 1. The summed E-state index contributed by atoms with van der Waals surface area (Å²) in [5, 5.41) is 17.7. The maximum atomic E-state index is 11.3. The third kappa shape index (κ3) is 6.19. The molecule has 0 fully saturated rings. The van der Waals surface area contributed by atoms with E-state index in [1.54, 1.807) is 4.72 Å². The van der Waals surface area contributed by atoms with Gasteiger partial charge in [0.25, 0.3) is 0 Å². The molecule has 0 spiro atoms. The van der Waals surface area contributed by atoms with Gasteiger partial charge in [-0.25, -0.2) is 8.42 Å². The van der Waals surface area contributed by atoms with Gasteiger partial charge in [0.15, 0.2) is 5.75 Å².